The summed E-state index contributed by atoms with van der Waals surface area (Å²) in [7, 11) is 1.61. The van der Waals surface area contributed by atoms with Crippen LogP contribution in [0.15, 0.2) is 12.2 Å². The molecule has 0 amide bonds. The van der Waals surface area contributed by atoms with Gasteiger partial charge in [-0.15, -0.1) is 0 Å². The van der Waals surface area contributed by atoms with E-state index in [0.717, 1.165) is 6.42 Å². The number of allylic oxidation sites excluding steroid dienone is 1. The predicted octanol–water partition coefficient (Wildman–Crippen LogP) is 5.19. The Morgan fingerprint density at radius 2 is 1.64 bits per heavy atom. The van der Waals surface area contributed by atoms with Gasteiger partial charge in [-0.3, -0.25) is 0 Å². The van der Waals surface area contributed by atoms with Gasteiger partial charge >= 0.3 is 0 Å². The van der Waals surface area contributed by atoms with Crippen LogP contribution in [0.2, 0.25) is 18.1 Å². The van der Waals surface area contributed by atoms with Gasteiger partial charge in [0.15, 0.2) is 8.32 Å². The lowest BCUT2D eigenvalue weighted by molar-refractivity contribution is -0.252. The Bertz CT molecular complexity index is 637. The fourth-order valence-electron chi connectivity index (χ4n) is 6.10. The maximum Gasteiger partial charge on any atom is 0.192 e. The fraction of sp³-hybridized carbons (Fsp3) is 0.913. The topological polar surface area (TPSA) is 36.9 Å². The van der Waals surface area contributed by atoms with E-state index in [9.17, 15) is 0 Å². The van der Waals surface area contributed by atoms with Gasteiger partial charge < -0.3 is 18.6 Å². The molecule has 1 heterocycles. The minimum absolute atomic E-state index is 0.00954. The summed E-state index contributed by atoms with van der Waals surface area (Å²) in [5.74, 6) is 0.374. The first-order valence-electron chi connectivity index (χ1n) is 10.8. The first-order valence-corrected chi connectivity index (χ1v) is 13.7. The second-order valence-corrected chi connectivity index (χ2v) is 16.3. The second kappa shape index (κ2) is 6.65. The van der Waals surface area contributed by atoms with E-state index in [0.29, 0.717) is 0 Å². The quantitative estimate of drug-likeness (QED) is 0.472. The third kappa shape index (κ3) is 2.76. The lowest BCUT2D eigenvalue weighted by Gasteiger charge is -2.61. The van der Waals surface area contributed by atoms with Crippen molar-refractivity contribution in [2.24, 2.45) is 17.3 Å². The summed E-state index contributed by atoms with van der Waals surface area (Å²) in [5, 5.41) is 0.137. The summed E-state index contributed by atoms with van der Waals surface area (Å²) >= 11 is 0. The molecule has 4 nitrogen and oxygen atoms in total. The van der Waals surface area contributed by atoms with Crippen molar-refractivity contribution in [2.45, 2.75) is 103 Å². The Morgan fingerprint density at radius 1 is 1.04 bits per heavy atom. The van der Waals surface area contributed by atoms with Crippen molar-refractivity contribution in [1.29, 1.82) is 0 Å². The van der Waals surface area contributed by atoms with Gasteiger partial charge in [0, 0.05) is 31.5 Å². The highest BCUT2D eigenvalue weighted by Crippen LogP contribution is 2.67. The first kappa shape index (κ1) is 22.5. The summed E-state index contributed by atoms with van der Waals surface area (Å²) in [6, 6.07) is 0. The van der Waals surface area contributed by atoms with Crippen molar-refractivity contribution in [3.63, 3.8) is 0 Å². The molecule has 5 heteroatoms. The van der Waals surface area contributed by atoms with Gasteiger partial charge in [0.25, 0.3) is 0 Å². The van der Waals surface area contributed by atoms with Crippen molar-refractivity contribution in [3.8, 4) is 0 Å². The van der Waals surface area contributed by atoms with Crippen molar-refractivity contribution < 1.29 is 18.6 Å². The van der Waals surface area contributed by atoms with Crippen LogP contribution < -0.4 is 0 Å². The van der Waals surface area contributed by atoms with Gasteiger partial charge in [-0.2, -0.15) is 0 Å². The van der Waals surface area contributed by atoms with Crippen LogP contribution in [-0.4, -0.2) is 52.1 Å². The molecule has 0 aromatic carbocycles. The van der Waals surface area contributed by atoms with E-state index in [4.69, 9.17) is 18.6 Å². The molecule has 1 aliphatic heterocycles. The van der Waals surface area contributed by atoms with Crippen molar-refractivity contribution in [1.82, 2.24) is 0 Å². The summed E-state index contributed by atoms with van der Waals surface area (Å²) in [4.78, 5) is 0. The minimum Gasteiger partial charge on any atom is -0.410 e. The Labute approximate surface area is 173 Å². The molecule has 0 aromatic rings. The Kier molecular flexibility index (Phi) is 5.34. The summed E-state index contributed by atoms with van der Waals surface area (Å²) < 4.78 is 26.6. The van der Waals surface area contributed by atoms with Gasteiger partial charge in [-0.05, 0) is 38.4 Å². The van der Waals surface area contributed by atoms with E-state index in [1.165, 1.54) is 0 Å². The number of ether oxygens (including phenoxy) is 3. The van der Waals surface area contributed by atoms with E-state index < -0.39 is 13.9 Å². The summed E-state index contributed by atoms with van der Waals surface area (Å²) in [5.41, 5.74) is -0.975. The number of rotatable bonds is 4. The van der Waals surface area contributed by atoms with Crippen molar-refractivity contribution in [3.05, 3.63) is 12.2 Å². The zero-order valence-corrected chi connectivity index (χ0v) is 20.9. The highest BCUT2D eigenvalue weighted by molar-refractivity contribution is 6.74. The second-order valence-electron chi connectivity index (χ2n) is 11.5. The maximum atomic E-state index is 7.23. The average molecular weight is 411 g/mol. The van der Waals surface area contributed by atoms with E-state index in [-0.39, 0.29) is 46.2 Å². The smallest absolute Gasteiger partial charge is 0.192 e. The molecule has 162 valence electrons. The molecule has 3 rings (SSSR count). The molecule has 1 saturated carbocycles. The standard InChI is InChI=1S/C23H42O4Si/c1-15-13-12-14-22(7)19(25-9)17(24-8)16-18(23(15,22)27-21(16,5)6)26-28(10,11)20(2,3)4/h12-13,15-19H,14H2,1-11H3/t15-,16-,17-,18-,19-,22+,23-/m0/s1. The lowest BCUT2D eigenvalue weighted by Crippen LogP contribution is -2.73. The third-order valence-electron chi connectivity index (χ3n) is 8.55. The largest absolute Gasteiger partial charge is 0.410 e. The van der Waals surface area contributed by atoms with Gasteiger partial charge in [-0.1, -0.05) is 46.8 Å². The van der Waals surface area contributed by atoms with Gasteiger partial charge in [-0.25, -0.2) is 0 Å². The number of methoxy groups -OCH3 is 2. The first-order chi connectivity index (χ1) is 12.7. The maximum absolute atomic E-state index is 7.23. The highest BCUT2D eigenvalue weighted by atomic mass is 28.4. The van der Waals surface area contributed by atoms with Gasteiger partial charge in [0.05, 0.1) is 23.9 Å². The Morgan fingerprint density at radius 3 is 2.14 bits per heavy atom. The molecule has 7 atom stereocenters. The highest BCUT2D eigenvalue weighted by Gasteiger charge is 2.77. The normalized spacial score (nSPS) is 45.2. The predicted molar refractivity (Wildman–Crippen MR) is 116 cm³/mol. The number of hydrogen-bond donors (Lipinski definition) is 0. The molecule has 28 heavy (non-hydrogen) atoms. The van der Waals surface area contributed by atoms with Crippen LogP contribution >= 0.6 is 0 Å². The van der Waals surface area contributed by atoms with Gasteiger partial charge in [0.2, 0.25) is 0 Å². The zero-order valence-electron chi connectivity index (χ0n) is 19.9. The van der Waals surface area contributed by atoms with Crippen LogP contribution in [0.3, 0.4) is 0 Å². The molecule has 0 aromatic heterocycles. The van der Waals surface area contributed by atoms with Crippen molar-refractivity contribution >= 4 is 8.32 Å². The van der Waals surface area contributed by atoms with Crippen LogP contribution in [0, 0.1) is 17.3 Å². The number of fused-ring (bicyclic) bond motifs is 1. The molecule has 0 radical (unpaired) electrons. The molecule has 0 N–H and O–H groups in total. The fourth-order valence-corrected chi connectivity index (χ4v) is 7.41. The molecular weight excluding hydrogens is 368 g/mol. The SMILES string of the molecule is CO[C@H]1[C@H]2[C@H](O[Si](C)(C)C(C)(C)C)[C@@]3(OC2(C)C)[C@@H](C)C=CC[C@]3(C)[C@H]1OC. The minimum atomic E-state index is -2.02. The van der Waals surface area contributed by atoms with Crippen LogP contribution in [0.1, 0.15) is 54.9 Å². The zero-order chi connectivity index (χ0) is 21.3. The van der Waals surface area contributed by atoms with Crippen LogP contribution in [0.25, 0.3) is 0 Å². The summed E-state index contributed by atoms with van der Waals surface area (Å²) in [6.07, 6.45) is 5.43. The van der Waals surface area contributed by atoms with E-state index in [2.05, 4.69) is 73.7 Å². The molecule has 2 aliphatic carbocycles. The van der Waals surface area contributed by atoms with Crippen LogP contribution in [0.4, 0.5) is 0 Å². The molecule has 0 unspecified atom stereocenters. The van der Waals surface area contributed by atoms with Crippen molar-refractivity contribution in [2.75, 3.05) is 14.2 Å². The number of hydrogen-bond acceptors (Lipinski definition) is 4. The van der Waals surface area contributed by atoms with Gasteiger partial charge in [0.1, 0.15) is 5.60 Å². The molecular formula is C23H42O4Si. The third-order valence-corrected chi connectivity index (χ3v) is 13.0. The molecule has 2 fully saturated rings. The molecule has 1 spiro atoms. The molecule has 3 aliphatic rings. The Balaban J connectivity index is 2.23. The van der Waals surface area contributed by atoms with E-state index >= 15 is 0 Å². The Hall–Kier alpha value is -0.203. The van der Waals surface area contributed by atoms with E-state index in [1.54, 1.807) is 0 Å². The van der Waals surface area contributed by atoms with Crippen LogP contribution in [-0.2, 0) is 18.6 Å². The molecule has 2 bridgehead atoms. The molecule has 1 saturated heterocycles. The van der Waals surface area contributed by atoms with E-state index in [1.807, 2.05) is 14.2 Å². The average Bonchev–Trinajstić information content (AvgIpc) is 2.73. The lowest BCUT2D eigenvalue weighted by atomic mass is 9.51. The summed E-state index contributed by atoms with van der Waals surface area (Å²) in [6.45, 7) is 20.7. The monoisotopic (exact) mass is 410 g/mol. The van der Waals surface area contributed by atoms with Crippen LogP contribution in [0.5, 0.6) is 0 Å².